The van der Waals surface area contributed by atoms with Crippen LogP contribution >= 0.6 is 23.2 Å². The van der Waals surface area contributed by atoms with Crippen LogP contribution in [0.3, 0.4) is 0 Å². The van der Waals surface area contributed by atoms with Crippen LogP contribution < -0.4 is 5.32 Å². The Balaban J connectivity index is 1.80. The molecule has 2 rings (SSSR count). The number of nitrogens with one attached hydrogen (secondary N) is 1. The smallest absolute Gasteiger partial charge is 0.223 e. The van der Waals surface area contributed by atoms with Crippen molar-refractivity contribution < 1.29 is 9.59 Å². The van der Waals surface area contributed by atoms with Gasteiger partial charge in [0.2, 0.25) is 11.8 Å². The van der Waals surface area contributed by atoms with Crippen molar-refractivity contribution in [2.24, 2.45) is 5.92 Å². The molecule has 1 saturated heterocycles. The van der Waals surface area contributed by atoms with Crippen LogP contribution in [0.5, 0.6) is 0 Å². The molecule has 1 aliphatic rings. The van der Waals surface area contributed by atoms with Crippen LogP contribution in [0.15, 0.2) is 18.2 Å². The van der Waals surface area contributed by atoms with Gasteiger partial charge in [-0.05, 0) is 37.0 Å². The van der Waals surface area contributed by atoms with Crippen molar-refractivity contribution in [3.63, 3.8) is 0 Å². The van der Waals surface area contributed by atoms with Crippen molar-refractivity contribution in [1.29, 1.82) is 0 Å². The van der Waals surface area contributed by atoms with Gasteiger partial charge in [-0.3, -0.25) is 9.59 Å². The number of nitrogens with zero attached hydrogens (tertiary/aromatic N) is 1. The number of benzene rings is 1. The third-order valence-electron chi connectivity index (χ3n) is 4.15. The largest absolute Gasteiger partial charge is 0.352 e. The second kappa shape index (κ2) is 8.55. The fourth-order valence-corrected chi connectivity index (χ4v) is 3.23. The number of amides is 2. The molecule has 6 heteroatoms. The maximum atomic E-state index is 12.3. The van der Waals surface area contributed by atoms with E-state index in [-0.39, 0.29) is 17.7 Å². The Bertz CT molecular complexity index is 570. The summed E-state index contributed by atoms with van der Waals surface area (Å²) in [6, 6.07) is 5.24. The van der Waals surface area contributed by atoms with E-state index in [1.807, 2.05) is 17.9 Å². The molecule has 23 heavy (non-hydrogen) atoms. The fraction of sp³-hybridized carbons (Fsp3) is 0.529. The number of likely N-dealkylation sites (tertiary alicyclic amines) is 1. The first kappa shape index (κ1) is 18.1. The summed E-state index contributed by atoms with van der Waals surface area (Å²) in [6.45, 7) is 3.72. The zero-order valence-corrected chi connectivity index (χ0v) is 14.8. The highest BCUT2D eigenvalue weighted by Gasteiger charge is 2.26. The molecular weight excluding hydrogens is 335 g/mol. The van der Waals surface area contributed by atoms with Crippen molar-refractivity contribution in [3.8, 4) is 0 Å². The zero-order valence-electron chi connectivity index (χ0n) is 13.3. The minimum absolute atomic E-state index is 0.0265. The first-order chi connectivity index (χ1) is 11.0. The van der Waals surface area contributed by atoms with Gasteiger partial charge in [0.1, 0.15) is 0 Å². The molecule has 1 aliphatic heterocycles. The highest BCUT2D eigenvalue weighted by molar-refractivity contribution is 6.35. The molecular formula is C17H22Cl2N2O2. The van der Waals surface area contributed by atoms with E-state index < -0.39 is 0 Å². The van der Waals surface area contributed by atoms with Gasteiger partial charge in [-0.15, -0.1) is 0 Å². The number of halogens is 2. The highest BCUT2D eigenvalue weighted by Crippen LogP contribution is 2.22. The van der Waals surface area contributed by atoms with Gasteiger partial charge in [-0.25, -0.2) is 0 Å². The number of carbonyl (C=O) groups excluding carboxylic acids is 2. The SMILES string of the molecule is CCCC(=O)N1CCC(C(=O)NCc2ccc(Cl)cc2Cl)CC1. The topological polar surface area (TPSA) is 49.4 Å². The van der Waals surface area contributed by atoms with Gasteiger partial charge in [0.15, 0.2) is 0 Å². The zero-order chi connectivity index (χ0) is 16.8. The Morgan fingerprint density at radius 1 is 1.26 bits per heavy atom. The lowest BCUT2D eigenvalue weighted by molar-refractivity contribution is -0.135. The van der Waals surface area contributed by atoms with Gasteiger partial charge in [0, 0.05) is 42.0 Å². The molecule has 0 unspecified atom stereocenters. The second-order valence-electron chi connectivity index (χ2n) is 5.86. The summed E-state index contributed by atoms with van der Waals surface area (Å²) in [5.41, 5.74) is 0.847. The summed E-state index contributed by atoms with van der Waals surface area (Å²) in [6.07, 6.45) is 2.89. The molecule has 4 nitrogen and oxygen atoms in total. The Kier molecular flexibility index (Phi) is 6.72. The molecule has 0 saturated carbocycles. The van der Waals surface area contributed by atoms with Crippen molar-refractivity contribution in [1.82, 2.24) is 10.2 Å². The molecule has 0 atom stereocenters. The Hall–Kier alpha value is -1.26. The average molecular weight is 357 g/mol. The van der Waals surface area contributed by atoms with Crippen LogP contribution in [-0.4, -0.2) is 29.8 Å². The van der Waals surface area contributed by atoms with Crippen molar-refractivity contribution in [2.45, 2.75) is 39.2 Å². The van der Waals surface area contributed by atoms with Gasteiger partial charge >= 0.3 is 0 Å². The minimum atomic E-state index is -0.0354. The fourth-order valence-electron chi connectivity index (χ4n) is 2.75. The predicted octanol–water partition coefficient (Wildman–Crippen LogP) is 3.65. The van der Waals surface area contributed by atoms with E-state index in [0.29, 0.717) is 36.1 Å². The summed E-state index contributed by atoms with van der Waals surface area (Å²) in [7, 11) is 0. The molecule has 0 aromatic heterocycles. The van der Waals surface area contributed by atoms with Crippen LogP contribution in [0.4, 0.5) is 0 Å². The lowest BCUT2D eigenvalue weighted by atomic mass is 9.95. The molecule has 1 aromatic rings. The standard InChI is InChI=1S/C17H22Cl2N2O2/c1-2-3-16(22)21-8-6-12(7-9-21)17(23)20-11-13-4-5-14(18)10-15(13)19/h4-5,10,12H,2-3,6-9,11H2,1H3,(H,20,23). The summed E-state index contributed by atoms with van der Waals surface area (Å²) < 4.78 is 0. The molecule has 0 aliphatic carbocycles. The van der Waals surface area contributed by atoms with Gasteiger partial charge in [0.25, 0.3) is 0 Å². The Morgan fingerprint density at radius 3 is 2.57 bits per heavy atom. The number of rotatable bonds is 5. The lowest BCUT2D eigenvalue weighted by Crippen LogP contribution is -2.42. The van der Waals surface area contributed by atoms with Crippen LogP contribution in [0.1, 0.15) is 38.2 Å². The molecule has 2 amide bonds. The third-order valence-corrected chi connectivity index (χ3v) is 4.74. The number of piperidine rings is 1. The molecule has 1 fully saturated rings. The molecule has 1 heterocycles. The van der Waals surface area contributed by atoms with E-state index in [1.54, 1.807) is 12.1 Å². The molecule has 0 radical (unpaired) electrons. The molecule has 0 spiro atoms. The van der Waals surface area contributed by atoms with Crippen LogP contribution in [0.2, 0.25) is 10.0 Å². The molecule has 126 valence electrons. The van der Waals surface area contributed by atoms with Crippen LogP contribution in [0.25, 0.3) is 0 Å². The number of hydrogen-bond donors (Lipinski definition) is 1. The normalized spacial score (nSPS) is 15.5. The number of carbonyl (C=O) groups is 2. The molecule has 1 aromatic carbocycles. The maximum Gasteiger partial charge on any atom is 0.223 e. The molecule has 0 bridgehead atoms. The van der Waals surface area contributed by atoms with Crippen LogP contribution in [-0.2, 0) is 16.1 Å². The third kappa shape index (κ3) is 5.11. The van der Waals surface area contributed by atoms with Gasteiger partial charge < -0.3 is 10.2 Å². The van der Waals surface area contributed by atoms with E-state index in [2.05, 4.69) is 5.32 Å². The van der Waals surface area contributed by atoms with E-state index in [4.69, 9.17) is 23.2 Å². The van der Waals surface area contributed by atoms with E-state index >= 15 is 0 Å². The first-order valence-corrected chi connectivity index (χ1v) is 8.76. The van der Waals surface area contributed by atoms with E-state index in [1.165, 1.54) is 0 Å². The first-order valence-electron chi connectivity index (χ1n) is 8.00. The monoisotopic (exact) mass is 356 g/mol. The summed E-state index contributed by atoms with van der Waals surface area (Å²) in [5.74, 6) is 0.185. The van der Waals surface area contributed by atoms with Gasteiger partial charge in [-0.2, -0.15) is 0 Å². The Labute approximate surface area is 147 Å². The Morgan fingerprint density at radius 2 is 1.96 bits per heavy atom. The predicted molar refractivity (Wildman–Crippen MR) is 92.5 cm³/mol. The second-order valence-corrected chi connectivity index (χ2v) is 6.70. The summed E-state index contributed by atoms with van der Waals surface area (Å²) >= 11 is 12.0. The lowest BCUT2D eigenvalue weighted by Gasteiger charge is -2.31. The number of hydrogen-bond acceptors (Lipinski definition) is 2. The quantitative estimate of drug-likeness (QED) is 0.875. The van der Waals surface area contributed by atoms with Crippen molar-refractivity contribution >= 4 is 35.0 Å². The molecule has 1 N–H and O–H groups in total. The summed E-state index contributed by atoms with van der Waals surface area (Å²) in [4.78, 5) is 26.0. The van der Waals surface area contributed by atoms with Crippen LogP contribution in [0, 0.1) is 5.92 Å². The van der Waals surface area contributed by atoms with Gasteiger partial charge in [-0.1, -0.05) is 36.2 Å². The highest BCUT2D eigenvalue weighted by atomic mass is 35.5. The summed E-state index contributed by atoms with van der Waals surface area (Å²) in [5, 5.41) is 4.06. The van der Waals surface area contributed by atoms with Gasteiger partial charge in [0.05, 0.1) is 0 Å². The maximum absolute atomic E-state index is 12.3. The minimum Gasteiger partial charge on any atom is -0.352 e. The van der Waals surface area contributed by atoms with E-state index in [9.17, 15) is 9.59 Å². The average Bonchev–Trinajstić information content (AvgIpc) is 2.54. The van der Waals surface area contributed by atoms with Crippen molar-refractivity contribution in [3.05, 3.63) is 33.8 Å². The van der Waals surface area contributed by atoms with E-state index in [0.717, 1.165) is 24.8 Å². The van der Waals surface area contributed by atoms with Crippen molar-refractivity contribution in [2.75, 3.05) is 13.1 Å².